The van der Waals surface area contributed by atoms with E-state index in [1.54, 1.807) is 0 Å². The predicted molar refractivity (Wildman–Crippen MR) is 69.5 cm³/mol. The summed E-state index contributed by atoms with van der Waals surface area (Å²) in [6, 6.07) is 0.444. The molecule has 1 amide bonds. The molecule has 1 unspecified atom stereocenters. The van der Waals surface area contributed by atoms with Crippen LogP contribution in [0.5, 0.6) is 0 Å². The van der Waals surface area contributed by atoms with Crippen LogP contribution in [0.15, 0.2) is 0 Å². The lowest BCUT2D eigenvalue weighted by atomic mass is 10.1. The van der Waals surface area contributed by atoms with Gasteiger partial charge in [-0.15, -0.1) is 0 Å². The Morgan fingerprint density at radius 1 is 1.39 bits per heavy atom. The highest BCUT2D eigenvalue weighted by molar-refractivity contribution is 7.89. The lowest BCUT2D eigenvalue weighted by molar-refractivity contribution is -0.128. The Labute approximate surface area is 109 Å². The minimum absolute atomic E-state index is 0.148. The molecule has 0 aromatic rings. The number of carbonyl (C=O) groups excluding carboxylic acids is 1. The summed E-state index contributed by atoms with van der Waals surface area (Å²) in [5.41, 5.74) is 0. The topological polar surface area (TPSA) is 66.5 Å². The number of sulfonamides is 1. The smallest absolute Gasteiger partial charge is 0.223 e. The van der Waals surface area contributed by atoms with Gasteiger partial charge < -0.3 is 4.90 Å². The molecule has 1 N–H and O–H groups in total. The summed E-state index contributed by atoms with van der Waals surface area (Å²) in [7, 11) is -3.15. The van der Waals surface area contributed by atoms with Crippen molar-refractivity contribution in [3.05, 3.63) is 0 Å². The third-order valence-corrected chi connectivity index (χ3v) is 5.02. The van der Waals surface area contributed by atoms with Crippen molar-refractivity contribution in [2.75, 3.05) is 18.8 Å². The minimum atomic E-state index is -3.15. The van der Waals surface area contributed by atoms with Crippen LogP contribution in [0, 0.1) is 5.92 Å². The third kappa shape index (κ3) is 3.68. The van der Waals surface area contributed by atoms with Crippen LogP contribution in [0.25, 0.3) is 0 Å². The summed E-state index contributed by atoms with van der Waals surface area (Å²) in [6.07, 6.45) is 4.28. The van der Waals surface area contributed by atoms with Crippen molar-refractivity contribution in [1.82, 2.24) is 9.62 Å². The Balaban J connectivity index is 1.76. The van der Waals surface area contributed by atoms with Gasteiger partial charge in [-0.05, 0) is 25.2 Å². The van der Waals surface area contributed by atoms with Crippen molar-refractivity contribution in [1.29, 1.82) is 0 Å². The van der Waals surface area contributed by atoms with E-state index in [1.807, 2.05) is 11.8 Å². The van der Waals surface area contributed by atoms with Gasteiger partial charge in [-0.1, -0.05) is 13.3 Å². The van der Waals surface area contributed by atoms with E-state index >= 15 is 0 Å². The van der Waals surface area contributed by atoms with Gasteiger partial charge in [-0.25, -0.2) is 13.1 Å². The van der Waals surface area contributed by atoms with Gasteiger partial charge in [0.05, 0.1) is 5.75 Å². The Morgan fingerprint density at radius 2 is 2.11 bits per heavy atom. The number of nitrogens with one attached hydrogen (secondary N) is 1. The van der Waals surface area contributed by atoms with E-state index in [0.717, 1.165) is 25.8 Å². The predicted octanol–water partition coefficient (Wildman–Crippen LogP) is 0.717. The van der Waals surface area contributed by atoms with Crippen LogP contribution >= 0.6 is 0 Å². The number of carbonyl (C=O) groups is 1. The molecule has 5 nitrogen and oxygen atoms in total. The molecule has 104 valence electrons. The molecule has 1 saturated carbocycles. The van der Waals surface area contributed by atoms with E-state index in [1.165, 1.54) is 0 Å². The van der Waals surface area contributed by atoms with E-state index < -0.39 is 10.0 Å². The van der Waals surface area contributed by atoms with Crippen molar-refractivity contribution in [3.8, 4) is 0 Å². The van der Waals surface area contributed by atoms with E-state index in [0.29, 0.717) is 25.4 Å². The van der Waals surface area contributed by atoms with Gasteiger partial charge in [-0.3, -0.25) is 4.79 Å². The van der Waals surface area contributed by atoms with Crippen LogP contribution in [-0.2, 0) is 14.8 Å². The van der Waals surface area contributed by atoms with E-state index in [4.69, 9.17) is 0 Å². The zero-order valence-electron chi connectivity index (χ0n) is 10.9. The summed E-state index contributed by atoms with van der Waals surface area (Å²) in [6.45, 7) is 3.10. The molecule has 1 heterocycles. The Morgan fingerprint density at radius 3 is 2.72 bits per heavy atom. The summed E-state index contributed by atoms with van der Waals surface area (Å²) < 4.78 is 25.9. The van der Waals surface area contributed by atoms with Crippen LogP contribution in [0.2, 0.25) is 0 Å². The molecule has 1 saturated heterocycles. The number of amides is 1. The van der Waals surface area contributed by atoms with Gasteiger partial charge in [-0.2, -0.15) is 0 Å². The average Bonchev–Trinajstić information content (AvgIpc) is 3.09. The third-order valence-electron chi connectivity index (χ3n) is 3.58. The van der Waals surface area contributed by atoms with Crippen molar-refractivity contribution >= 4 is 15.9 Å². The SMILES string of the molecule is CCCCS(=O)(=O)NCC1CC(=O)N(C2CC2)C1. The van der Waals surface area contributed by atoms with Gasteiger partial charge in [0.1, 0.15) is 0 Å². The van der Waals surface area contributed by atoms with Crippen LogP contribution < -0.4 is 4.72 Å². The number of likely N-dealkylation sites (tertiary alicyclic amines) is 1. The average molecular weight is 274 g/mol. The molecule has 1 atom stereocenters. The van der Waals surface area contributed by atoms with Gasteiger partial charge >= 0.3 is 0 Å². The number of hydrogen-bond donors (Lipinski definition) is 1. The van der Waals surface area contributed by atoms with Gasteiger partial charge in [0.2, 0.25) is 15.9 Å². The summed E-state index contributed by atoms with van der Waals surface area (Å²) in [5, 5.41) is 0. The largest absolute Gasteiger partial charge is 0.339 e. The first-order valence-electron chi connectivity index (χ1n) is 6.78. The molecule has 0 aromatic carbocycles. The number of unbranched alkanes of at least 4 members (excludes halogenated alkanes) is 1. The van der Waals surface area contributed by atoms with Crippen molar-refractivity contribution in [2.24, 2.45) is 5.92 Å². The van der Waals surface area contributed by atoms with Crippen molar-refractivity contribution in [2.45, 2.75) is 45.1 Å². The van der Waals surface area contributed by atoms with E-state index in [9.17, 15) is 13.2 Å². The highest BCUT2D eigenvalue weighted by Crippen LogP contribution is 2.32. The van der Waals surface area contributed by atoms with Crippen LogP contribution in [0.1, 0.15) is 39.0 Å². The lowest BCUT2D eigenvalue weighted by Gasteiger charge is -2.15. The fourth-order valence-electron chi connectivity index (χ4n) is 2.34. The second-order valence-corrected chi connectivity index (χ2v) is 7.29. The quantitative estimate of drug-likeness (QED) is 0.744. The fourth-order valence-corrected chi connectivity index (χ4v) is 3.64. The number of nitrogens with zero attached hydrogens (tertiary/aromatic N) is 1. The van der Waals surface area contributed by atoms with E-state index in [2.05, 4.69) is 4.72 Å². The number of hydrogen-bond acceptors (Lipinski definition) is 3. The normalized spacial score (nSPS) is 24.8. The molecule has 6 heteroatoms. The van der Waals surface area contributed by atoms with Crippen molar-refractivity contribution < 1.29 is 13.2 Å². The Hall–Kier alpha value is -0.620. The van der Waals surface area contributed by atoms with E-state index in [-0.39, 0.29) is 17.6 Å². The second kappa shape index (κ2) is 5.57. The lowest BCUT2D eigenvalue weighted by Crippen LogP contribution is -2.33. The molecule has 0 bridgehead atoms. The summed E-state index contributed by atoms with van der Waals surface area (Å²) >= 11 is 0. The van der Waals surface area contributed by atoms with Gasteiger partial charge in [0.25, 0.3) is 0 Å². The molecule has 1 aliphatic heterocycles. The Kier molecular flexibility index (Phi) is 4.27. The summed E-state index contributed by atoms with van der Waals surface area (Å²) in [5.74, 6) is 0.529. The van der Waals surface area contributed by atoms with Crippen LogP contribution in [0.4, 0.5) is 0 Å². The maximum atomic E-state index is 11.7. The molecular weight excluding hydrogens is 252 g/mol. The molecule has 2 fully saturated rings. The highest BCUT2D eigenvalue weighted by atomic mass is 32.2. The van der Waals surface area contributed by atoms with Gasteiger partial charge in [0.15, 0.2) is 0 Å². The number of rotatable bonds is 7. The summed E-state index contributed by atoms with van der Waals surface area (Å²) in [4.78, 5) is 13.6. The molecule has 0 aromatic heterocycles. The van der Waals surface area contributed by atoms with Crippen LogP contribution in [-0.4, -0.2) is 44.1 Å². The molecule has 18 heavy (non-hydrogen) atoms. The minimum Gasteiger partial charge on any atom is -0.339 e. The second-order valence-electron chi connectivity index (χ2n) is 5.37. The first kappa shape index (κ1) is 13.8. The molecule has 2 rings (SSSR count). The molecule has 0 radical (unpaired) electrons. The maximum Gasteiger partial charge on any atom is 0.223 e. The molecule has 1 aliphatic carbocycles. The monoisotopic (exact) mass is 274 g/mol. The standard InChI is InChI=1S/C12H22N2O3S/c1-2-3-6-18(16,17)13-8-10-7-12(15)14(9-10)11-4-5-11/h10-11,13H,2-9H2,1H3. The first-order valence-corrected chi connectivity index (χ1v) is 8.44. The molecule has 2 aliphatic rings. The zero-order chi connectivity index (χ0) is 13.2. The van der Waals surface area contributed by atoms with Crippen LogP contribution in [0.3, 0.4) is 0 Å². The van der Waals surface area contributed by atoms with Gasteiger partial charge in [0, 0.05) is 25.6 Å². The fraction of sp³-hybridized carbons (Fsp3) is 0.917. The van der Waals surface area contributed by atoms with Crippen molar-refractivity contribution in [3.63, 3.8) is 0 Å². The zero-order valence-corrected chi connectivity index (χ0v) is 11.7. The maximum absolute atomic E-state index is 11.7. The molecular formula is C12H22N2O3S. The highest BCUT2D eigenvalue weighted by Gasteiger charge is 2.39. The molecule has 0 spiro atoms. The first-order chi connectivity index (χ1) is 8.52. The Bertz CT molecular complexity index is 404.